The third-order valence-electron chi connectivity index (χ3n) is 5.26. The number of nitrogens with zero attached hydrogens (tertiary/aromatic N) is 1. The smallest absolute Gasteiger partial charge is 0.251 e. The Kier molecular flexibility index (Phi) is 8.47. The van der Waals surface area contributed by atoms with E-state index < -0.39 is 5.54 Å². The molecule has 0 saturated carbocycles. The molecule has 0 spiro atoms. The van der Waals surface area contributed by atoms with Crippen LogP contribution in [0.5, 0.6) is 5.75 Å². The van der Waals surface area contributed by atoms with E-state index in [9.17, 15) is 4.79 Å². The average molecular weight is 425 g/mol. The molecule has 166 valence electrons. The molecule has 2 aromatic carbocycles. The Bertz CT molecular complexity index is 852. The second-order valence-corrected chi connectivity index (χ2v) is 7.81. The first-order valence-corrected chi connectivity index (χ1v) is 11.1. The Balaban J connectivity index is 1.76. The van der Waals surface area contributed by atoms with E-state index in [1.54, 1.807) is 0 Å². The van der Waals surface area contributed by atoms with Gasteiger partial charge in [-0.05, 0) is 36.2 Å². The number of benzene rings is 2. The molecule has 6 nitrogen and oxygen atoms in total. The van der Waals surface area contributed by atoms with Crippen molar-refractivity contribution in [3.63, 3.8) is 0 Å². The Hall–Kier alpha value is -2.86. The summed E-state index contributed by atoms with van der Waals surface area (Å²) >= 11 is 0. The van der Waals surface area contributed by atoms with E-state index in [1.165, 1.54) is 0 Å². The van der Waals surface area contributed by atoms with Crippen molar-refractivity contribution in [1.29, 1.82) is 0 Å². The van der Waals surface area contributed by atoms with Crippen LogP contribution in [0.2, 0.25) is 0 Å². The third kappa shape index (κ3) is 6.31. The number of unbranched alkanes of at least 4 members (excludes halogenated alkanes) is 2. The molecule has 0 aromatic heterocycles. The average Bonchev–Trinajstić information content (AvgIpc) is 3.23. The molecule has 0 fully saturated rings. The number of ether oxygens (including phenoxy) is 2. The number of aliphatic hydroxyl groups is 1. The predicted molar refractivity (Wildman–Crippen MR) is 122 cm³/mol. The fourth-order valence-electron chi connectivity index (χ4n) is 3.51. The van der Waals surface area contributed by atoms with Crippen molar-refractivity contribution in [3.05, 3.63) is 65.7 Å². The first-order chi connectivity index (χ1) is 15.2. The molecule has 0 unspecified atom stereocenters. The van der Waals surface area contributed by atoms with Crippen molar-refractivity contribution in [2.75, 3.05) is 26.4 Å². The third-order valence-corrected chi connectivity index (χ3v) is 5.26. The number of aliphatic imine (C=N–C) groups is 1. The van der Waals surface area contributed by atoms with Crippen LogP contribution in [0.15, 0.2) is 59.6 Å². The molecule has 0 aliphatic carbocycles. The lowest BCUT2D eigenvalue weighted by Crippen LogP contribution is -2.48. The highest BCUT2D eigenvalue weighted by atomic mass is 16.5. The van der Waals surface area contributed by atoms with Crippen LogP contribution < -0.4 is 10.1 Å². The van der Waals surface area contributed by atoms with Crippen LogP contribution in [0.25, 0.3) is 0 Å². The number of rotatable bonds is 12. The van der Waals surface area contributed by atoms with Gasteiger partial charge in [-0.3, -0.25) is 4.79 Å². The lowest BCUT2D eigenvalue weighted by molar-refractivity contribution is -0.126. The molecule has 0 radical (unpaired) electrons. The maximum absolute atomic E-state index is 13.2. The van der Waals surface area contributed by atoms with Crippen molar-refractivity contribution in [3.8, 4) is 5.75 Å². The number of carbonyl (C=O) groups excluding carboxylic acids is 1. The molecular weight excluding hydrogens is 392 g/mol. The van der Waals surface area contributed by atoms with Crippen molar-refractivity contribution in [2.45, 2.75) is 44.6 Å². The van der Waals surface area contributed by atoms with Crippen LogP contribution in [-0.2, 0) is 16.0 Å². The Morgan fingerprint density at radius 2 is 1.90 bits per heavy atom. The van der Waals surface area contributed by atoms with E-state index >= 15 is 0 Å². The summed E-state index contributed by atoms with van der Waals surface area (Å²) in [7, 11) is 0. The zero-order valence-electron chi connectivity index (χ0n) is 18.2. The predicted octanol–water partition coefficient (Wildman–Crippen LogP) is 3.51. The van der Waals surface area contributed by atoms with Crippen molar-refractivity contribution < 1.29 is 19.4 Å². The van der Waals surface area contributed by atoms with Gasteiger partial charge in [0.1, 0.15) is 12.4 Å². The van der Waals surface area contributed by atoms with E-state index in [1.807, 2.05) is 54.6 Å². The molecule has 3 rings (SSSR count). The van der Waals surface area contributed by atoms with Gasteiger partial charge in [-0.15, -0.1) is 0 Å². The summed E-state index contributed by atoms with van der Waals surface area (Å²) in [6.45, 7) is 3.57. The maximum Gasteiger partial charge on any atom is 0.251 e. The number of hydrogen-bond donors (Lipinski definition) is 2. The quantitative estimate of drug-likeness (QED) is 0.511. The summed E-state index contributed by atoms with van der Waals surface area (Å²) in [4.78, 5) is 18.0. The standard InChI is InChI=1S/C25H32N2O4/c1-2-3-7-15-26-24(29)25(18-20-9-5-4-6-10-20)19-31-23(27-25)21-11-13-22(14-12-21)30-17-8-16-28/h4-6,9-14,28H,2-3,7-8,15-19H2,1H3,(H,26,29)/t25-/m1/s1. The monoisotopic (exact) mass is 424 g/mol. The minimum atomic E-state index is -0.973. The summed E-state index contributed by atoms with van der Waals surface area (Å²) in [5, 5.41) is 11.9. The Labute approximate surface area is 184 Å². The number of aliphatic hydroxyl groups excluding tert-OH is 1. The van der Waals surface area contributed by atoms with Crippen molar-refractivity contribution in [1.82, 2.24) is 5.32 Å². The second-order valence-electron chi connectivity index (χ2n) is 7.81. The summed E-state index contributed by atoms with van der Waals surface area (Å²) < 4.78 is 11.5. The summed E-state index contributed by atoms with van der Waals surface area (Å²) in [6, 6.07) is 17.4. The zero-order valence-corrected chi connectivity index (χ0v) is 18.2. The largest absolute Gasteiger partial charge is 0.494 e. The Morgan fingerprint density at radius 1 is 1.13 bits per heavy atom. The number of nitrogens with one attached hydrogen (secondary N) is 1. The fraction of sp³-hybridized carbons (Fsp3) is 0.440. The van der Waals surface area contributed by atoms with Gasteiger partial charge in [-0.1, -0.05) is 50.1 Å². The fourth-order valence-corrected chi connectivity index (χ4v) is 3.51. The molecule has 1 amide bonds. The van der Waals surface area contributed by atoms with E-state index in [-0.39, 0.29) is 19.1 Å². The first kappa shape index (κ1) is 22.8. The number of amides is 1. The molecule has 6 heteroatoms. The topological polar surface area (TPSA) is 80.2 Å². The Morgan fingerprint density at radius 3 is 2.61 bits per heavy atom. The highest BCUT2D eigenvalue weighted by Gasteiger charge is 2.44. The minimum absolute atomic E-state index is 0.0913. The van der Waals surface area contributed by atoms with Crippen LogP contribution in [0.1, 0.15) is 43.7 Å². The van der Waals surface area contributed by atoms with Crippen LogP contribution in [-0.4, -0.2) is 48.8 Å². The van der Waals surface area contributed by atoms with Gasteiger partial charge in [0.25, 0.3) is 5.91 Å². The molecule has 1 aliphatic rings. The minimum Gasteiger partial charge on any atom is -0.494 e. The van der Waals surface area contributed by atoms with Crippen molar-refractivity contribution >= 4 is 11.8 Å². The van der Waals surface area contributed by atoms with Crippen molar-refractivity contribution in [2.24, 2.45) is 4.99 Å². The van der Waals surface area contributed by atoms with E-state index in [0.29, 0.717) is 31.9 Å². The van der Waals surface area contributed by atoms with Gasteiger partial charge in [0.15, 0.2) is 5.54 Å². The van der Waals surface area contributed by atoms with E-state index in [4.69, 9.17) is 19.6 Å². The maximum atomic E-state index is 13.2. The van der Waals surface area contributed by atoms with Crippen LogP contribution in [0.3, 0.4) is 0 Å². The van der Waals surface area contributed by atoms with Gasteiger partial charge in [0.05, 0.1) is 6.61 Å². The number of carbonyl (C=O) groups is 1. The second kappa shape index (κ2) is 11.5. The molecule has 0 saturated heterocycles. The number of hydrogen-bond acceptors (Lipinski definition) is 5. The van der Waals surface area contributed by atoms with Gasteiger partial charge in [-0.2, -0.15) is 0 Å². The summed E-state index contributed by atoms with van der Waals surface area (Å²) in [6.07, 6.45) is 4.23. The molecule has 2 N–H and O–H groups in total. The van der Waals surface area contributed by atoms with Crippen LogP contribution in [0.4, 0.5) is 0 Å². The highest BCUT2D eigenvalue weighted by Crippen LogP contribution is 2.27. The van der Waals surface area contributed by atoms with Gasteiger partial charge in [0.2, 0.25) is 5.90 Å². The first-order valence-electron chi connectivity index (χ1n) is 11.1. The summed E-state index contributed by atoms with van der Waals surface area (Å²) in [5.74, 6) is 1.10. The van der Waals surface area contributed by atoms with Gasteiger partial charge >= 0.3 is 0 Å². The molecule has 1 heterocycles. The van der Waals surface area contributed by atoms with Gasteiger partial charge in [0, 0.05) is 31.6 Å². The van der Waals surface area contributed by atoms with E-state index in [2.05, 4.69) is 12.2 Å². The lowest BCUT2D eigenvalue weighted by Gasteiger charge is -2.23. The molecule has 31 heavy (non-hydrogen) atoms. The SMILES string of the molecule is CCCCCNC(=O)[C@@]1(Cc2ccccc2)COC(c2ccc(OCCCO)cc2)=N1. The lowest BCUT2D eigenvalue weighted by atomic mass is 9.91. The normalized spacial score (nSPS) is 17.7. The molecule has 2 aromatic rings. The molecule has 1 atom stereocenters. The summed E-state index contributed by atoms with van der Waals surface area (Å²) in [5.41, 5.74) is 0.884. The van der Waals surface area contributed by atoms with Gasteiger partial charge < -0.3 is 19.9 Å². The zero-order chi connectivity index (χ0) is 21.9. The van der Waals surface area contributed by atoms with Gasteiger partial charge in [-0.25, -0.2) is 4.99 Å². The van der Waals surface area contributed by atoms with Crippen LogP contribution in [0, 0.1) is 0 Å². The van der Waals surface area contributed by atoms with Crippen LogP contribution >= 0.6 is 0 Å². The molecule has 1 aliphatic heterocycles. The highest BCUT2D eigenvalue weighted by molar-refractivity contribution is 6.00. The molecule has 0 bridgehead atoms. The molecular formula is C25H32N2O4. The van der Waals surface area contributed by atoms with E-state index in [0.717, 1.165) is 36.1 Å².